The molecule has 0 unspecified atom stereocenters. The molecule has 1 aromatic carbocycles. The Balaban J connectivity index is 2.03. The predicted molar refractivity (Wildman–Crippen MR) is 111 cm³/mol. The smallest absolute Gasteiger partial charge is 0.243 e. The summed E-state index contributed by atoms with van der Waals surface area (Å²) in [5, 5.41) is 3.30. The molecule has 144 valence electrons. The summed E-state index contributed by atoms with van der Waals surface area (Å²) in [6.45, 7) is 3.10. The third-order valence-corrected chi connectivity index (χ3v) is 7.39. The fraction of sp³-hybridized carbons (Fsp3) is 0.316. The lowest BCUT2D eigenvalue weighted by atomic mass is 10.1. The SMILES string of the molecule is Cc1cnc(N)c2cccc(S(=O)(=O)N(CCCN)CCc3cccs3)c12. The van der Waals surface area contributed by atoms with Gasteiger partial charge in [0.2, 0.25) is 10.0 Å². The van der Waals surface area contributed by atoms with E-state index < -0.39 is 10.0 Å². The minimum atomic E-state index is -3.69. The minimum Gasteiger partial charge on any atom is -0.383 e. The van der Waals surface area contributed by atoms with E-state index in [1.165, 1.54) is 4.31 Å². The molecule has 0 saturated heterocycles. The van der Waals surface area contributed by atoms with Gasteiger partial charge in [0.15, 0.2) is 0 Å². The van der Waals surface area contributed by atoms with Crippen molar-refractivity contribution < 1.29 is 8.42 Å². The molecular weight excluding hydrogens is 380 g/mol. The van der Waals surface area contributed by atoms with Crippen molar-refractivity contribution in [3.8, 4) is 0 Å². The highest BCUT2D eigenvalue weighted by molar-refractivity contribution is 7.89. The summed E-state index contributed by atoms with van der Waals surface area (Å²) in [5.41, 5.74) is 12.4. The molecular formula is C19H24N4O2S2. The van der Waals surface area contributed by atoms with Crippen LogP contribution in [0.1, 0.15) is 16.9 Å². The van der Waals surface area contributed by atoms with Crippen LogP contribution in [0.15, 0.2) is 46.8 Å². The van der Waals surface area contributed by atoms with Crippen molar-refractivity contribution >= 4 is 38.0 Å². The maximum atomic E-state index is 13.5. The van der Waals surface area contributed by atoms with Gasteiger partial charge >= 0.3 is 0 Å². The van der Waals surface area contributed by atoms with Crippen LogP contribution >= 0.6 is 11.3 Å². The highest BCUT2D eigenvalue weighted by Gasteiger charge is 2.27. The number of thiophene rings is 1. The molecule has 0 aliphatic heterocycles. The van der Waals surface area contributed by atoms with E-state index in [0.29, 0.717) is 49.1 Å². The predicted octanol–water partition coefficient (Wildman–Crippen LogP) is 2.77. The number of benzene rings is 1. The first-order valence-corrected chi connectivity index (χ1v) is 11.1. The van der Waals surface area contributed by atoms with Gasteiger partial charge in [-0.3, -0.25) is 0 Å². The lowest BCUT2D eigenvalue weighted by molar-refractivity contribution is 0.411. The van der Waals surface area contributed by atoms with Crippen molar-refractivity contribution in [2.45, 2.75) is 24.7 Å². The first-order valence-electron chi connectivity index (χ1n) is 8.81. The average molecular weight is 405 g/mol. The number of rotatable bonds is 8. The van der Waals surface area contributed by atoms with Crippen LogP contribution < -0.4 is 11.5 Å². The molecule has 0 bridgehead atoms. The summed E-state index contributed by atoms with van der Waals surface area (Å²) in [4.78, 5) is 5.58. The van der Waals surface area contributed by atoms with Crippen LogP contribution in [0.3, 0.4) is 0 Å². The number of nitrogens with zero attached hydrogens (tertiary/aromatic N) is 2. The van der Waals surface area contributed by atoms with Crippen molar-refractivity contribution in [2.75, 3.05) is 25.4 Å². The van der Waals surface area contributed by atoms with E-state index in [0.717, 1.165) is 10.4 Å². The summed E-state index contributed by atoms with van der Waals surface area (Å²) in [5.74, 6) is 0.333. The molecule has 3 rings (SSSR count). The van der Waals surface area contributed by atoms with Crippen LogP contribution in [0.4, 0.5) is 5.82 Å². The Morgan fingerprint density at radius 3 is 2.70 bits per heavy atom. The lowest BCUT2D eigenvalue weighted by Gasteiger charge is -2.23. The van der Waals surface area contributed by atoms with Crippen molar-refractivity contribution in [2.24, 2.45) is 5.73 Å². The number of nitrogen functional groups attached to an aromatic ring is 1. The molecule has 0 saturated carbocycles. The number of nitrogens with two attached hydrogens (primary N) is 2. The normalized spacial score (nSPS) is 12.1. The number of aryl methyl sites for hydroxylation is 1. The first-order chi connectivity index (χ1) is 12.9. The van der Waals surface area contributed by atoms with Crippen molar-refractivity contribution in [1.29, 1.82) is 0 Å². The van der Waals surface area contributed by atoms with Crippen LogP contribution in [-0.2, 0) is 16.4 Å². The van der Waals surface area contributed by atoms with Crippen LogP contribution in [0.2, 0.25) is 0 Å². The Labute approximate surface area is 163 Å². The van der Waals surface area contributed by atoms with Gasteiger partial charge in [0.1, 0.15) is 5.82 Å². The molecule has 2 aromatic heterocycles. The van der Waals surface area contributed by atoms with Gasteiger partial charge in [0, 0.05) is 34.9 Å². The Bertz CT molecular complexity index is 1020. The maximum absolute atomic E-state index is 13.5. The zero-order valence-electron chi connectivity index (χ0n) is 15.3. The summed E-state index contributed by atoms with van der Waals surface area (Å²) in [6.07, 6.45) is 2.90. The third-order valence-electron chi connectivity index (χ3n) is 4.51. The van der Waals surface area contributed by atoms with Crippen molar-refractivity contribution in [3.63, 3.8) is 0 Å². The second kappa shape index (κ2) is 8.35. The Kier molecular flexibility index (Phi) is 6.11. The van der Waals surface area contributed by atoms with Crippen molar-refractivity contribution in [3.05, 3.63) is 52.3 Å². The monoisotopic (exact) mass is 404 g/mol. The van der Waals surface area contributed by atoms with Gasteiger partial charge in [0.25, 0.3) is 0 Å². The van der Waals surface area contributed by atoms with E-state index in [1.807, 2.05) is 24.4 Å². The highest BCUT2D eigenvalue weighted by Crippen LogP contribution is 2.31. The summed E-state index contributed by atoms with van der Waals surface area (Å²) < 4.78 is 28.5. The van der Waals surface area contributed by atoms with E-state index in [4.69, 9.17) is 11.5 Å². The number of pyridine rings is 1. The van der Waals surface area contributed by atoms with Gasteiger partial charge in [-0.2, -0.15) is 4.31 Å². The van der Waals surface area contributed by atoms with Gasteiger partial charge in [0.05, 0.1) is 4.90 Å². The van der Waals surface area contributed by atoms with Gasteiger partial charge < -0.3 is 11.5 Å². The molecule has 4 N–H and O–H groups in total. The van der Waals surface area contributed by atoms with Crippen molar-refractivity contribution in [1.82, 2.24) is 9.29 Å². The van der Waals surface area contributed by atoms with E-state index >= 15 is 0 Å². The second-order valence-electron chi connectivity index (χ2n) is 6.38. The number of aromatic nitrogens is 1. The molecule has 6 nitrogen and oxygen atoms in total. The number of sulfonamides is 1. The molecule has 0 radical (unpaired) electrons. The lowest BCUT2D eigenvalue weighted by Crippen LogP contribution is -2.35. The topological polar surface area (TPSA) is 102 Å². The summed E-state index contributed by atoms with van der Waals surface area (Å²) in [7, 11) is -3.69. The number of fused-ring (bicyclic) bond motifs is 1. The van der Waals surface area contributed by atoms with Gasteiger partial charge in [-0.25, -0.2) is 13.4 Å². The van der Waals surface area contributed by atoms with Gasteiger partial charge in [-0.05, 0) is 49.4 Å². The minimum absolute atomic E-state index is 0.273. The quantitative estimate of drug-likeness (QED) is 0.601. The highest BCUT2D eigenvalue weighted by atomic mass is 32.2. The zero-order chi connectivity index (χ0) is 19.4. The maximum Gasteiger partial charge on any atom is 0.243 e. The molecule has 0 atom stereocenters. The molecule has 0 amide bonds. The largest absolute Gasteiger partial charge is 0.383 e. The average Bonchev–Trinajstić information content (AvgIpc) is 3.18. The molecule has 0 fully saturated rings. The number of hydrogen-bond acceptors (Lipinski definition) is 6. The summed E-state index contributed by atoms with van der Waals surface area (Å²) in [6, 6.07) is 9.16. The fourth-order valence-corrected chi connectivity index (χ4v) is 5.57. The molecule has 2 heterocycles. The van der Waals surface area contributed by atoms with Crippen LogP contribution in [0, 0.1) is 6.92 Å². The second-order valence-corrected chi connectivity index (χ2v) is 9.32. The number of anilines is 1. The standard InChI is InChI=1S/C19H24N4O2S2/c1-14-13-22-19(21)16-6-2-7-17(18(14)16)27(24,25)23(10-4-9-20)11-8-15-5-3-12-26-15/h2-3,5-7,12-13H,4,8-11,20H2,1H3,(H2,21,22). The number of hydrogen-bond donors (Lipinski definition) is 2. The molecule has 0 spiro atoms. The van der Waals surface area contributed by atoms with E-state index in [-0.39, 0.29) is 4.90 Å². The Morgan fingerprint density at radius 1 is 1.19 bits per heavy atom. The third kappa shape index (κ3) is 4.14. The van der Waals surface area contributed by atoms with Crippen LogP contribution in [0.25, 0.3) is 10.8 Å². The first kappa shape index (κ1) is 19.8. The molecule has 27 heavy (non-hydrogen) atoms. The van der Waals surface area contributed by atoms with Gasteiger partial charge in [-0.1, -0.05) is 18.2 Å². The Hall–Kier alpha value is -2.00. The molecule has 0 aliphatic rings. The van der Waals surface area contributed by atoms with Crippen LogP contribution in [0.5, 0.6) is 0 Å². The van der Waals surface area contributed by atoms with Gasteiger partial charge in [-0.15, -0.1) is 11.3 Å². The van der Waals surface area contributed by atoms with E-state index in [9.17, 15) is 8.42 Å². The summed E-state index contributed by atoms with van der Waals surface area (Å²) >= 11 is 1.63. The van der Waals surface area contributed by atoms with E-state index in [2.05, 4.69) is 4.98 Å². The molecule has 8 heteroatoms. The van der Waals surface area contributed by atoms with E-state index in [1.54, 1.807) is 35.7 Å². The Morgan fingerprint density at radius 2 is 2.00 bits per heavy atom. The fourth-order valence-electron chi connectivity index (χ4n) is 3.12. The molecule has 3 aromatic rings. The zero-order valence-corrected chi connectivity index (χ0v) is 16.9. The molecule has 0 aliphatic carbocycles. The van der Waals surface area contributed by atoms with Crippen LogP contribution in [-0.4, -0.2) is 37.3 Å².